The molecule has 0 saturated carbocycles. The Labute approximate surface area is 109 Å². The lowest BCUT2D eigenvalue weighted by atomic mass is 9.68. The standard InChI is InChI=1S/C12H22N2O2.ClH/c1-11(2,3)12-5-4-8(14-12)6-9(7-12)13-10(15)16;/h8-9,13-14H,4-7H2,1-3H3,(H,15,16);1H. The number of hydrogen-bond acceptors (Lipinski definition) is 2. The molecule has 3 atom stereocenters. The highest BCUT2D eigenvalue weighted by Crippen LogP contribution is 2.46. The Morgan fingerprint density at radius 3 is 2.65 bits per heavy atom. The van der Waals surface area contributed by atoms with Gasteiger partial charge in [0.2, 0.25) is 0 Å². The van der Waals surface area contributed by atoms with Crippen LogP contribution in [0.1, 0.15) is 46.5 Å². The van der Waals surface area contributed by atoms with E-state index >= 15 is 0 Å². The highest BCUT2D eigenvalue weighted by atomic mass is 35.5. The van der Waals surface area contributed by atoms with Crippen molar-refractivity contribution < 1.29 is 9.90 Å². The number of piperidine rings is 1. The van der Waals surface area contributed by atoms with Crippen molar-refractivity contribution in [1.82, 2.24) is 10.6 Å². The van der Waals surface area contributed by atoms with Crippen LogP contribution >= 0.6 is 12.4 Å². The van der Waals surface area contributed by atoms with E-state index < -0.39 is 6.09 Å². The molecule has 0 radical (unpaired) electrons. The Morgan fingerprint density at radius 2 is 2.12 bits per heavy atom. The second-order valence-corrected chi connectivity index (χ2v) is 6.30. The van der Waals surface area contributed by atoms with E-state index in [2.05, 4.69) is 31.4 Å². The lowest BCUT2D eigenvalue weighted by Crippen LogP contribution is -2.60. The van der Waals surface area contributed by atoms with Crippen LogP contribution in [0.5, 0.6) is 0 Å². The fourth-order valence-electron chi connectivity index (χ4n) is 3.32. The van der Waals surface area contributed by atoms with Crippen LogP contribution in [0.4, 0.5) is 4.79 Å². The van der Waals surface area contributed by atoms with E-state index in [0.29, 0.717) is 6.04 Å². The van der Waals surface area contributed by atoms with Gasteiger partial charge in [-0.05, 0) is 31.1 Å². The summed E-state index contributed by atoms with van der Waals surface area (Å²) in [6.45, 7) is 6.72. The molecular weight excluding hydrogens is 240 g/mol. The van der Waals surface area contributed by atoms with Crippen LogP contribution < -0.4 is 10.6 Å². The summed E-state index contributed by atoms with van der Waals surface area (Å²) < 4.78 is 0. The molecule has 0 spiro atoms. The number of amides is 1. The first kappa shape index (κ1) is 14.6. The monoisotopic (exact) mass is 262 g/mol. The van der Waals surface area contributed by atoms with Gasteiger partial charge in [-0.2, -0.15) is 0 Å². The third-order valence-corrected chi connectivity index (χ3v) is 4.33. The molecule has 4 nitrogen and oxygen atoms in total. The van der Waals surface area contributed by atoms with E-state index in [0.717, 1.165) is 12.8 Å². The molecule has 2 fully saturated rings. The molecule has 17 heavy (non-hydrogen) atoms. The van der Waals surface area contributed by atoms with Gasteiger partial charge >= 0.3 is 6.09 Å². The number of rotatable bonds is 1. The summed E-state index contributed by atoms with van der Waals surface area (Å²) in [5, 5.41) is 15.2. The van der Waals surface area contributed by atoms with Gasteiger partial charge < -0.3 is 15.7 Å². The second kappa shape index (κ2) is 4.65. The summed E-state index contributed by atoms with van der Waals surface area (Å²) in [7, 11) is 0. The minimum absolute atomic E-state index is 0. The molecule has 5 heteroatoms. The summed E-state index contributed by atoms with van der Waals surface area (Å²) >= 11 is 0. The second-order valence-electron chi connectivity index (χ2n) is 6.30. The molecule has 3 N–H and O–H groups in total. The fraction of sp³-hybridized carbons (Fsp3) is 0.917. The van der Waals surface area contributed by atoms with E-state index in [-0.39, 0.29) is 29.4 Å². The summed E-state index contributed by atoms with van der Waals surface area (Å²) in [6.07, 6.45) is 3.30. The third-order valence-electron chi connectivity index (χ3n) is 4.33. The Morgan fingerprint density at radius 1 is 1.47 bits per heavy atom. The smallest absolute Gasteiger partial charge is 0.404 e. The molecule has 1 amide bonds. The number of hydrogen-bond donors (Lipinski definition) is 3. The molecule has 2 heterocycles. The molecule has 2 aliphatic rings. The topological polar surface area (TPSA) is 61.4 Å². The quantitative estimate of drug-likeness (QED) is 0.680. The first-order valence-electron chi connectivity index (χ1n) is 6.10. The van der Waals surface area contributed by atoms with Gasteiger partial charge in [0, 0.05) is 17.6 Å². The molecule has 100 valence electrons. The fourth-order valence-corrected chi connectivity index (χ4v) is 3.32. The molecule has 2 rings (SSSR count). The Hall–Kier alpha value is -0.480. The molecule has 0 aliphatic carbocycles. The molecule has 2 aliphatic heterocycles. The molecule has 0 aromatic heterocycles. The summed E-state index contributed by atoms with van der Waals surface area (Å²) in [5.41, 5.74) is 0.295. The molecule has 2 bridgehead atoms. The van der Waals surface area contributed by atoms with E-state index in [1.54, 1.807) is 0 Å². The Kier molecular flexibility index (Phi) is 3.99. The normalized spacial score (nSPS) is 36.2. The number of fused-ring (bicyclic) bond motifs is 2. The molecule has 0 aromatic carbocycles. The zero-order chi connectivity index (χ0) is 12.0. The third kappa shape index (κ3) is 2.68. The van der Waals surface area contributed by atoms with Gasteiger partial charge in [0.15, 0.2) is 0 Å². The maximum atomic E-state index is 10.7. The largest absolute Gasteiger partial charge is 0.465 e. The van der Waals surface area contributed by atoms with Gasteiger partial charge in [0.05, 0.1) is 0 Å². The van der Waals surface area contributed by atoms with Crippen molar-refractivity contribution >= 4 is 18.5 Å². The van der Waals surface area contributed by atoms with Gasteiger partial charge in [-0.1, -0.05) is 20.8 Å². The predicted octanol–water partition coefficient (Wildman–Crippen LogP) is 2.38. The molecule has 2 saturated heterocycles. The van der Waals surface area contributed by atoms with Crippen molar-refractivity contribution in [3.8, 4) is 0 Å². The van der Waals surface area contributed by atoms with Crippen molar-refractivity contribution in [3.05, 3.63) is 0 Å². The number of carboxylic acid groups (broad SMARTS) is 1. The van der Waals surface area contributed by atoms with Gasteiger partial charge in [-0.25, -0.2) is 4.79 Å². The van der Waals surface area contributed by atoms with E-state index in [4.69, 9.17) is 5.11 Å². The number of nitrogens with one attached hydrogen (secondary N) is 2. The highest BCUT2D eigenvalue weighted by molar-refractivity contribution is 5.85. The first-order chi connectivity index (χ1) is 7.32. The summed E-state index contributed by atoms with van der Waals surface area (Å²) in [5.74, 6) is 0. The van der Waals surface area contributed by atoms with Gasteiger partial charge in [0.25, 0.3) is 0 Å². The maximum Gasteiger partial charge on any atom is 0.404 e. The van der Waals surface area contributed by atoms with Crippen LogP contribution in [0.25, 0.3) is 0 Å². The van der Waals surface area contributed by atoms with Crippen molar-refractivity contribution in [2.75, 3.05) is 0 Å². The summed E-state index contributed by atoms with van der Waals surface area (Å²) in [6, 6.07) is 0.607. The number of halogens is 1. The molecule has 0 aromatic rings. The average Bonchev–Trinajstić information content (AvgIpc) is 2.41. The van der Waals surface area contributed by atoms with Crippen molar-refractivity contribution in [2.45, 2.75) is 64.1 Å². The Bertz CT molecular complexity index is 303. The van der Waals surface area contributed by atoms with Crippen LogP contribution in [0, 0.1) is 5.41 Å². The molecular formula is C12H23ClN2O2. The Balaban J connectivity index is 0.00000144. The minimum Gasteiger partial charge on any atom is -0.465 e. The number of carbonyl (C=O) groups is 1. The van der Waals surface area contributed by atoms with Crippen LogP contribution in [-0.2, 0) is 0 Å². The van der Waals surface area contributed by atoms with Crippen molar-refractivity contribution in [3.63, 3.8) is 0 Å². The van der Waals surface area contributed by atoms with Crippen molar-refractivity contribution in [2.24, 2.45) is 5.41 Å². The first-order valence-corrected chi connectivity index (χ1v) is 6.10. The lowest BCUT2D eigenvalue weighted by Gasteiger charge is -2.47. The highest BCUT2D eigenvalue weighted by Gasteiger charge is 2.51. The van der Waals surface area contributed by atoms with Gasteiger partial charge in [-0.15, -0.1) is 12.4 Å². The zero-order valence-electron chi connectivity index (χ0n) is 10.7. The van der Waals surface area contributed by atoms with Crippen LogP contribution in [0.2, 0.25) is 0 Å². The van der Waals surface area contributed by atoms with Gasteiger partial charge in [0.1, 0.15) is 0 Å². The predicted molar refractivity (Wildman–Crippen MR) is 69.8 cm³/mol. The zero-order valence-corrected chi connectivity index (χ0v) is 11.6. The molecule has 3 unspecified atom stereocenters. The minimum atomic E-state index is -0.893. The van der Waals surface area contributed by atoms with Crippen molar-refractivity contribution in [1.29, 1.82) is 0 Å². The average molecular weight is 263 g/mol. The van der Waals surface area contributed by atoms with Gasteiger partial charge in [-0.3, -0.25) is 0 Å². The van der Waals surface area contributed by atoms with E-state index in [1.807, 2.05) is 0 Å². The van der Waals surface area contributed by atoms with Crippen LogP contribution in [0.15, 0.2) is 0 Å². The van der Waals surface area contributed by atoms with E-state index in [1.165, 1.54) is 12.8 Å². The maximum absolute atomic E-state index is 10.7. The lowest BCUT2D eigenvalue weighted by molar-refractivity contribution is 0.0985. The summed E-state index contributed by atoms with van der Waals surface area (Å²) in [4.78, 5) is 10.7. The van der Waals surface area contributed by atoms with Crippen LogP contribution in [-0.4, -0.2) is 28.8 Å². The SMILES string of the molecule is CC(C)(C)C12CCC(CC(NC(=O)O)C1)N2.Cl. The van der Waals surface area contributed by atoms with E-state index in [9.17, 15) is 4.79 Å². The van der Waals surface area contributed by atoms with Crippen LogP contribution in [0.3, 0.4) is 0 Å².